The molecule has 0 aliphatic carbocycles. The molecule has 1 unspecified atom stereocenters. The number of halogens is 3. The minimum absolute atomic E-state index is 0.0528. The van der Waals surface area contributed by atoms with E-state index in [9.17, 15) is 4.79 Å². The molecule has 16 heavy (non-hydrogen) atoms. The highest BCUT2D eigenvalue weighted by Crippen LogP contribution is 2.20. The monoisotopic (exact) mass is 459 g/mol. The zero-order chi connectivity index (χ0) is 12.3. The molecular formula is C11H12Br2INO. The summed E-state index contributed by atoms with van der Waals surface area (Å²) in [5, 5.41) is 0. The number of benzene rings is 1. The summed E-state index contributed by atoms with van der Waals surface area (Å²) in [6, 6.07) is 5.73. The summed E-state index contributed by atoms with van der Waals surface area (Å²) in [6.45, 7) is 2.72. The highest BCUT2D eigenvalue weighted by atomic mass is 127. The van der Waals surface area contributed by atoms with Crippen LogP contribution in [-0.4, -0.2) is 29.2 Å². The lowest BCUT2D eigenvalue weighted by atomic mass is 10.2. The van der Waals surface area contributed by atoms with E-state index < -0.39 is 0 Å². The lowest BCUT2D eigenvalue weighted by Crippen LogP contribution is -2.31. The Hall–Kier alpha value is 0.380. The number of nitrogens with zero attached hydrogens (tertiary/aromatic N) is 1. The highest BCUT2D eigenvalue weighted by molar-refractivity contribution is 14.1. The van der Waals surface area contributed by atoms with Crippen LogP contribution in [0.25, 0.3) is 0 Å². The Morgan fingerprint density at radius 3 is 2.75 bits per heavy atom. The fourth-order valence-corrected chi connectivity index (χ4v) is 2.69. The molecule has 0 spiro atoms. The fourth-order valence-electron chi connectivity index (χ4n) is 1.33. The Bertz CT molecular complexity index is 396. The van der Waals surface area contributed by atoms with Gasteiger partial charge >= 0.3 is 0 Å². The van der Waals surface area contributed by atoms with Gasteiger partial charge in [-0.3, -0.25) is 4.79 Å². The molecule has 0 saturated carbocycles. The predicted molar refractivity (Wildman–Crippen MR) is 82.2 cm³/mol. The van der Waals surface area contributed by atoms with Crippen molar-refractivity contribution in [1.29, 1.82) is 0 Å². The molecule has 0 N–H and O–H groups in total. The van der Waals surface area contributed by atoms with Crippen LogP contribution in [-0.2, 0) is 0 Å². The first-order chi connectivity index (χ1) is 7.41. The van der Waals surface area contributed by atoms with Gasteiger partial charge in [0.05, 0.1) is 5.56 Å². The average molecular weight is 461 g/mol. The topological polar surface area (TPSA) is 20.3 Å². The van der Waals surface area contributed by atoms with E-state index in [1.54, 1.807) is 4.90 Å². The molecular weight excluding hydrogens is 449 g/mol. The van der Waals surface area contributed by atoms with Crippen LogP contribution in [0.15, 0.2) is 22.7 Å². The van der Waals surface area contributed by atoms with E-state index >= 15 is 0 Å². The van der Waals surface area contributed by atoms with Crippen LogP contribution in [0.2, 0.25) is 0 Å². The number of carbonyl (C=O) groups is 1. The number of amides is 1. The second-order valence-electron chi connectivity index (χ2n) is 3.59. The SMILES string of the molecule is CC(Br)CN(C)C(=O)c1cc(Br)ccc1I. The van der Waals surface area contributed by atoms with Crippen molar-refractivity contribution in [2.45, 2.75) is 11.8 Å². The van der Waals surface area contributed by atoms with E-state index in [2.05, 4.69) is 54.5 Å². The third-order valence-electron chi connectivity index (χ3n) is 2.03. The molecule has 0 aliphatic heterocycles. The largest absolute Gasteiger partial charge is 0.341 e. The molecule has 0 fully saturated rings. The maximum atomic E-state index is 12.1. The molecule has 88 valence electrons. The maximum absolute atomic E-state index is 12.1. The molecule has 5 heteroatoms. The summed E-state index contributed by atoms with van der Waals surface area (Å²) in [5.74, 6) is 0.0528. The van der Waals surface area contributed by atoms with Crippen molar-refractivity contribution in [1.82, 2.24) is 4.90 Å². The van der Waals surface area contributed by atoms with Gasteiger partial charge in [-0.2, -0.15) is 0 Å². The Labute approximate surface area is 126 Å². The normalized spacial score (nSPS) is 12.3. The van der Waals surface area contributed by atoms with Crippen LogP contribution in [0.4, 0.5) is 0 Å². The summed E-state index contributed by atoms with van der Waals surface area (Å²) in [4.78, 5) is 14.2. The standard InChI is InChI=1S/C11H12Br2INO/c1-7(12)6-15(2)11(16)9-5-8(13)3-4-10(9)14/h3-5,7H,6H2,1-2H3. The van der Waals surface area contributed by atoms with Crippen LogP contribution < -0.4 is 0 Å². The molecule has 2 nitrogen and oxygen atoms in total. The van der Waals surface area contributed by atoms with Gasteiger partial charge in [-0.15, -0.1) is 0 Å². The molecule has 0 heterocycles. The minimum Gasteiger partial charge on any atom is -0.341 e. The van der Waals surface area contributed by atoms with Crippen LogP contribution in [0.5, 0.6) is 0 Å². The van der Waals surface area contributed by atoms with Crippen molar-refractivity contribution >= 4 is 60.4 Å². The molecule has 1 atom stereocenters. The highest BCUT2D eigenvalue weighted by Gasteiger charge is 2.16. The molecule has 1 amide bonds. The fraction of sp³-hybridized carbons (Fsp3) is 0.364. The van der Waals surface area contributed by atoms with Crippen LogP contribution in [0.3, 0.4) is 0 Å². The summed E-state index contributed by atoms with van der Waals surface area (Å²) >= 11 is 9.00. The summed E-state index contributed by atoms with van der Waals surface area (Å²) < 4.78 is 1.90. The maximum Gasteiger partial charge on any atom is 0.254 e. The first-order valence-corrected chi connectivity index (χ1v) is 7.55. The zero-order valence-electron chi connectivity index (χ0n) is 9.01. The summed E-state index contributed by atoms with van der Waals surface area (Å²) in [5.41, 5.74) is 0.741. The van der Waals surface area contributed by atoms with Gasteiger partial charge < -0.3 is 4.90 Å². The first-order valence-electron chi connectivity index (χ1n) is 4.76. The summed E-state index contributed by atoms with van der Waals surface area (Å²) in [6.07, 6.45) is 0. The van der Waals surface area contributed by atoms with Gasteiger partial charge in [-0.25, -0.2) is 0 Å². The van der Waals surface area contributed by atoms with Crippen LogP contribution in [0.1, 0.15) is 17.3 Å². The van der Waals surface area contributed by atoms with E-state index in [-0.39, 0.29) is 5.91 Å². The van der Waals surface area contributed by atoms with E-state index in [0.717, 1.165) is 13.6 Å². The van der Waals surface area contributed by atoms with E-state index in [1.807, 2.05) is 32.2 Å². The van der Waals surface area contributed by atoms with Crippen molar-refractivity contribution in [2.75, 3.05) is 13.6 Å². The minimum atomic E-state index is 0.0528. The first kappa shape index (κ1) is 14.4. The molecule has 1 aromatic carbocycles. The molecule has 0 radical (unpaired) electrons. The average Bonchev–Trinajstić information content (AvgIpc) is 2.19. The van der Waals surface area contributed by atoms with Crippen molar-refractivity contribution in [2.24, 2.45) is 0 Å². The van der Waals surface area contributed by atoms with E-state index in [1.165, 1.54) is 0 Å². The lowest BCUT2D eigenvalue weighted by molar-refractivity contribution is 0.0796. The molecule has 0 saturated heterocycles. The molecule has 0 aliphatic rings. The van der Waals surface area contributed by atoms with E-state index in [4.69, 9.17) is 0 Å². The third kappa shape index (κ3) is 4.00. The molecule has 0 bridgehead atoms. The second kappa shape index (κ2) is 6.35. The molecule has 0 aromatic heterocycles. The predicted octanol–water partition coefficient (Wildman–Crippen LogP) is 3.91. The number of carbonyl (C=O) groups excluding carboxylic acids is 1. The Kier molecular flexibility index (Phi) is 5.73. The van der Waals surface area contributed by atoms with Gasteiger partial charge in [0.2, 0.25) is 0 Å². The van der Waals surface area contributed by atoms with Crippen molar-refractivity contribution in [3.8, 4) is 0 Å². The van der Waals surface area contributed by atoms with Gasteiger partial charge in [0.1, 0.15) is 0 Å². The van der Waals surface area contributed by atoms with Gasteiger partial charge in [0, 0.05) is 26.5 Å². The van der Waals surface area contributed by atoms with E-state index in [0.29, 0.717) is 11.4 Å². The third-order valence-corrected chi connectivity index (χ3v) is 3.75. The number of hydrogen-bond acceptors (Lipinski definition) is 1. The lowest BCUT2D eigenvalue weighted by Gasteiger charge is -2.19. The second-order valence-corrected chi connectivity index (χ2v) is 7.23. The number of rotatable bonds is 3. The van der Waals surface area contributed by atoms with Crippen LogP contribution >= 0.6 is 54.5 Å². The smallest absolute Gasteiger partial charge is 0.254 e. The Morgan fingerprint density at radius 2 is 2.19 bits per heavy atom. The van der Waals surface area contributed by atoms with Crippen LogP contribution in [0, 0.1) is 3.57 Å². The molecule has 1 rings (SSSR count). The number of alkyl halides is 1. The van der Waals surface area contributed by atoms with Crippen molar-refractivity contribution in [3.63, 3.8) is 0 Å². The van der Waals surface area contributed by atoms with Crippen molar-refractivity contribution < 1.29 is 4.79 Å². The summed E-state index contributed by atoms with van der Waals surface area (Å²) in [7, 11) is 1.82. The van der Waals surface area contributed by atoms with Crippen molar-refractivity contribution in [3.05, 3.63) is 31.8 Å². The number of hydrogen-bond donors (Lipinski definition) is 0. The van der Waals surface area contributed by atoms with Gasteiger partial charge in [0.25, 0.3) is 5.91 Å². The van der Waals surface area contributed by atoms with Gasteiger partial charge in [0.15, 0.2) is 0 Å². The quantitative estimate of drug-likeness (QED) is 0.495. The van der Waals surface area contributed by atoms with Gasteiger partial charge in [-0.1, -0.05) is 38.8 Å². The zero-order valence-corrected chi connectivity index (χ0v) is 14.3. The Morgan fingerprint density at radius 1 is 1.56 bits per heavy atom. The Balaban J connectivity index is 2.91. The molecule has 1 aromatic rings. The van der Waals surface area contributed by atoms with Gasteiger partial charge in [-0.05, 0) is 40.8 Å².